The van der Waals surface area contributed by atoms with E-state index in [1.54, 1.807) is 32.7 Å². The Morgan fingerprint density at radius 1 is 1.21 bits per heavy atom. The SMILES string of the molecule is COc1cc(OC)cc([C@@H]2C(C#N)=C(N)Oc3n[nH]c(-c4cccnc4)c32)c1. The van der Waals surface area contributed by atoms with Crippen LogP contribution in [0.25, 0.3) is 11.3 Å². The Balaban J connectivity index is 1.97. The number of pyridine rings is 1. The van der Waals surface area contributed by atoms with E-state index in [-0.39, 0.29) is 11.5 Å². The van der Waals surface area contributed by atoms with E-state index >= 15 is 0 Å². The molecular weight excluding hydrogens is 358 g/mol. The molecule has 0 unspecified atom stereocenters. The number of nitrogens with one attached hydrogen (secondary N) is 1. The predicted octanol–water partition coefficient (Wildman–Crippen LogP) is 2.71. The van der Waals surface area contributed by atoms with Gasteiger partial charge >= 0.3 is 0 Å². The Morgan fingerprint density at radius 2 is 1.96 bits per heavy atom. The molecule has 8 heteroatoms. The van der Waals surface area contributed by atoms with E-state index in [1.165, 1.54) is 0 Å². The number of nitrogens with two attached hydrogens (primary N) is 1. The molecule has 3 N–H and O–H groups in total. The maximum Gasteiger partial charge on any atom is 0.244 e. The average Bonchev–Trinajstić information content (AvgIpc) is 3.16. The van der Waals surface area contributed by atoms with Crippen LogP contribution in [0.3, 0.4) is 0 Å². The lowest BCUT2D eigenvalue weighted by atomic mass is 9.83. The van der Waals surface area contributed by atoms with Crippen LogP contribution < -0.4 is 19.9 Å². The van der Waals surface area contributed by atoms with Gasteiger partial charge in [-0.15, -0.1) is 5.10 Å². The summed E-state index contributed by atoms with van der Waals surface area (Å²) in [6.45, 7) is 0. The van der Waals surface area contributed by atoms with Crippen LogP contribution in [0.4, 0.5) is 0 Å². The summed E-state index contributed by atoms with van der Waals surface area (Å²) in [4.78, 5) is 4.17. The first-order valence-electron chi connectivity index (χ1n) is 8.45. The molecule has 0 aliphatic carbocycles. The third-order valence-corrected chi connectivity index (χ3v) is 4.60. The summed E-state index contributed by atoms with van der Waals surface area (Å²) in [6.07, 6.45) is 3.40. The highest BCUT2D eigenvalue weighted by atomic mass is 16.5. The number of benzene rings is 1. The predicted molar refractivity (Wildman–Crippen MR) is 101 cm³/mol. The zero-order valence-corrected chi connectivity index (χ0v) is 15.3. The van der Waals surface area contributed by atoms with E-state index in [0.29, 0.717) is 28.6 Å². The molecule has 1 atom stereocenters. The van der Waals surface area contributed by atoms with Crippen molar-refractivity contribution in [2.24, 2.45) is 5.73 Å². The fraction of sp³-hybridized carbons (Fsp3) is 0.150. The second-order valence-electron chi connectivity index (χ2n) is 6.13. The number of nitrogens with zero attached hydrogens (tertiary/aromatic N) is 3. The smallest absolute Gasteiger partial charge is 0.244 e. The van der Waals surface area contributed by atoms with E-state index in [2.05, 4.69) is 21.3 Å². The summed E-state index contributed by atoms with van der Waals surface area (Å²) < 4.78 is 16.4. The van der Waals surface area contributed by atoms with Gasteiger partial charge in [-0.2, -0.15) is 5.26 Å². The molecule has 0 fully saturated rings. The molecule has 0 spiro atoms. The highest BCUT2D eigenvalue weighted by Crippen LogP contribution is 2.46. The van der Waals surface area contributed by atoms with Crippen LogP contribution in [-0.4, -0.2) is 29.4 Å². The van der Waals surface area contributed by atoms with Gasteiger partial charge in [-0.05, 0) is 29.8 Å². The summed E-state index contributed by atoms with van der Waals surface area (Å²) in [7, 11) is 3.14. The van der Waals surface area contributed by atoms with Gasteiger partial charge in [0.25, 0.3) is 0 Å². The van der Waals surface area contributed by atoms with Crippen LogP contribution in [0.2, 0.25) is 0 Å². The minimum absolute atomic E-state index is 0.0195. The third kappa shape index (κ3) is 2.79. The van der Waals surface area contributed by atoms with E-state index in [0.717, 1.165) is 11.1 Å². The average molecular weight is 375 g/mol. The quantitative estimate of drug-likeness (QED) is 0.719. The minimum Gasteiger partial charge on any atom is -0.497 e. The lowest BCUT2D eigenvalue weighted by molar-refractivity contribution is 0.377. The van der Waals surface area contributed by atoms with Crippen molar-refractivity contribution in [3.8, 4) is 34.7 Å². The van der Waals surface area contributed by atoms with Gasteiger partial charge < -0.3 is 19.9 Å². The highest BCUT2D eigenvalue weighted by molar-refractivity contribution is 5.70. The van der Waals surface area contributed by atoms with E-state index in [4.69, 9.17) is 19.9 Å². The fourth-order valence-corrected chi connectivity index (χ4v) is 3.31. The first kappa shape index (κ1) is 17.4. The molecule has 8 nitrogen and oxygen atoms in total. The maximum absolute atomic E-state index is 9.80. The van der Waals surface area contributed by atoms with Crippen molar-refractivity contribution in [1.29, 1.82) is 5.26 Å². The minimum atomic E-state index is -0.508. The fourth-order valence-electron chi connectivity index (χ4n) is 3.31. The number of aromatic amines is 1. The Bertz CT molecular complexity index is 1080. The van der Waals surface area contributed by atoms with Crippen molar-refractivity contribution in [2.45, 2.75) is 5.92 Å². The van der Waals surface area contributed by atoms with Crippen molar-refractivity contribution in [3.63, 3.8) is 0 Å². The maximum atomic E-state index is 9.80. The number of nitriles is 1. The number of H-pyrrole nitrogens is 1. The van der Waals surface area contributed by atoms with Crippen LogP contribution >= 0.6 is 0 Å². The van der Waals surface area contributed by atoms with Crippen molar-refractivity contribution in [2.75, 3.05) is 14.2 Å². The van der Waals surface area contributed by atoms with Gasteiger partial charge in [0.05, 0.1) is 31.4 Å². The number of methoxy groups -OCH3 is 2. The Labute approximate surface area is 161 Å². The molecule has 0 amide bonds. The summed E-state index contributed by atoms with van der Waals surface area (Å²) >= 11 is 0. The van der Waals surface area contributed by atoms with Gasteiger partial charge in [0.15, 0.2) is 0 Å². The lowest BCUT2D eigenvalue weighted by Crippen LogP contribution is -2.21. The molecule has 0 saturated carbocycles. The van der Waals surface area contributed by atoms with Crippen LogP contribution in [-0.2, 0) is 0 Å². The van der Waals surface area contributed by atoms with Gasteiger partial charge in [-0.25, -0.2) is 0 Å². The zero-order valence-electron chi connectivity index (χ0n) is 15.3. The molecule has 0 radical (unpaired) electrons. The normalized spacial score (nSPS) is 15.4. The van der Waals surface area contributed by atoms with Crippen LogP contribution in [0, 0.1) is 11.3 Å². The molecule has 0 bridgehead atoms. The largest absolute Gasteiger partial charge is 0.497 e. The van der Waals surface area contributed by atoms with Crippen molar-refractivity contribution in [3.05, 3.63) is 65.3 Å². The van der Waals surface area contributed by atoms with E-state index < -0.39 is 5.92 Å². The Kier molecular flexibility index (Phi) is 4.33. The Hall–Kier alpha value is -3.99. The van der Waals surface area contributed by atoms with Crippen molar-refractivity contribution < 1.29 is 14.2 Å². The number of aromatic nitrogens is 3. The number of rotatable bonds is 4. The van der Waals surface area contributed by atoms with Crippen LogP contribution in [0.15, 0.2) is 54.2 Å². The first-order chi connectivity index (χ1) is 13.7. The Morgan fingerprint density at radius 3 is 2.57 bits per heavy atom. The van der Waals surface area contributed by atoms with Crippen molar-refractivity contribution >= 4 is 0 Å². The summed E-state index contributed by atoms with van der Waals surface area (Å²) in [5, 5.41) is 17.0. The number of hydrogen-bond donors (Lipinski definition) is 2. The molecule has 3 aromatic rings. The standard InChI is InChI=1S/C20H17N5O3/c1-26-13-6-12(7-14(8-13)27-2)16-15(9-21)19(22)28-20-17(16)18(24-25-20)11-4-3-5-23-10-11/h3-8,10,16H,22H2,1-2H3,(H,24,25)/t16-/m1/s1. The third-order valence-electron chi connectivity index (χ3n) is 4.60. The van der Waals surface area contributed by atoms with Crippen molar-refractivity contribution in [1.82, 2.24) is 15.2 Å². The second kappa shape index (κ2) is 6.96. The number of allylic oxidation sites excluding steroid dienone is 1. The summed E-state index contributed by atoms with van der Waals surface area (Å²) in [6, 6.07) is 11.3. The molecule has 3 heterocycles. The second-order valence-corrected chi connectivity index (χ2v) is 6.13. The van der Waals surface area contributed by atoms with Gasteiger partial charge in [0, 0.05) is 24.0 Å². The zero-order chi connectivity index (χ0) is 19.7. The number of fused-ring (bicyclic) bond motifs is 1. The topological polar surface area (TPSA) is 119 Å². The number of ether oxygens (including phenoxy) is 3. The first-order valence-corrected chi connectivity index (χ1v) is 8.45. The lowest BCUT2D eigenvalue weighted by Gasteiger charge is -2.24. The number of hydrogen-bond acceptors (Lipinski definition) is 7. The molecule has 28 heavy (non-hydrogen) atoms. The van der Waals surface area contributed by atoms with Gasteiger partial charge in [0.2, 0.25) is 11.8 Å². The van der Waals surface area contributed by atoms with Crippen LogP contribution in [0.5, 0.6) is 17.4 Å². The molecule has 1 aliphatic rings. The van der Waals surface area contributed by atoms with Gasteiger partial charge in [-0.1, -0.05) is 0 Å². The summed E-state index contributed by atoms with van der Waals surface area (Å²) in [5.41, 5.74) is 9.31. The molecule has 140 valence electrons. The van der Waals surface area contributed by atoms with Gasteiger partial charge in [0.1, 0.15) is 23.1 Å². The molecule has 1 aliphatic heterocycles. The van der Waals surface area contributed by atoms with Crippen LogP contribution in [0.1, 0.15) is 17.0 Å². The molecule has 4 rings (SSSR count). The molecule has 2 aromatic heterocycles. The summed E-state index contributed by atoms with van der Waals surface area (Å²) in [5.74, 6) is 1.04. The van der Waals surface area contributed by atoms with E-state index in [1.807, 2.05) is 24.3 Å². The molecule has 0 saturated heterocycles. The highest BCUT2D eigenvalue weighted by Gasteiger charge is 2.36. The molecule has 1 aromatic carbocycles. The van der Waals surface area contributed by atoms with E-state index in [9.17, 15) is 5.26 Å². The monoisotopic (exact) mass is 375 g/mol. The van der Waals surface area contributed by atoms with Gasteiger partial charge in [-0.3, -0.25) is 10.1 Å². The molecular formula is C20H17N5O3.